The van der Waals surface area contributed by atoms with E-state index in [9.17, 15) is 4.79 Å². The van der Waals surface area contributed by atoms with Gasteiger partial charge in [-0.25, -0.2) is 4.98 Å². The molecule has 0 aromatic carbocycles. The van der Waals surface area contributed by atoms with E-state index in [1.54, 1.807) is 17.4 Å². The van der Waals surface area contributed by atoms with Gasteiger partial charge in [-0.1, -0.05) is 12.1 Å². The van der Waals surface area contributed by atoms with Crippen molar-refractivity contribution in [2.45, 2.75) is 27.2 Å². The van der Waals surface area contributed by atoms with Crippen molar-refractivity contribution < 1.29 is 9.32 Å². The molecule has 0 bridgehead atoms. The molecule has 108 valence electrons. The highest BCUT2D eigenvalue weighted by molar-refractivity contribution is 6.04. The molecule has 3 aromatic heterocycles. The van der Waals surface area contributed by atoms with Crippen LogP contribution in [0, 0.1) is 13.8 Å². The monoisotopic (exact) mass is 284 g/mol. The molecule has 21 heavy (non-hydrogen) atoms. The normalized spacial score (nSPS) is 11.0. The smallest absolute Gasteiger partial charge is 0.275 e. The molecule has 6 nitrogen and oxygen atoms in total. The molecular formula is C15H16N4O2. The quantitative estimate of drug-likeness (QED) is 0.802. The van der Waals surface area contributed by atoms with Gasteiger partial charge in [0.05, 0.1) is 5.69 Å². The van der Waals surface area contributed by atoms with Crippen LogP contribution in [0.3, 0.4) is 0 Å². The van der Waals surface area contributed by atoms with E-state index < -0.39 is 0 Å². The highest BCUT2D eigenvalue weighted by atomic mass is 16.5. The first-order valence-corrected chi connectivity index (χ1v) is 6.80. The van der Waals surface area contributed by atoms with Crippen molar-refractivity contribution >= 4 is 17.4 Å². The molecule has 0 saturated heterocycles. The third-order valence-corrected chi connectivity index (χ3v) is 3.27. The molecule has 0 fully saturated rings. The van der Waals surface area contributed by atoms with Crippen LogP contribution in [0.5, 0.6) is 0 Å². The van der Waals surface area contributed by atoms with E-state index in [0.717, 1.165) is 16.9 Å². The zero-order chi connectivity index (χ0) is 15.0. The molecule has 3 aromatic rings. The Labute approximate surface area is 121 Å². The highest BCUT2D eigenvalue weighted by Gasteiger charge is 2.19. The Morgan fingerprint density at radius 1 is 1.38 bits per heavy atom. The van der Waals surface area contributed by atoms with Gasteiger partial charge in [0.1, 0.15) is 17.1 Å². The maximum absolute atomic E-state index is 12.5. The van der Waals surface area contributed by atoms with E-state index >= 15 is 0 Å². The predicted molar refractivity (Wildman–Crippen MR) is 78.5 cm³/mol. The third kappa shape index (κ3) is 2.40. The van der Waals surface area contributed by atoms with Crippen molar-refractivity contribution in [2.24, 2.45) is 0 Å². The predicted octanol–water partition coefficient (Wildman–Crippen LogP) is 2.75. The number of amides is 1. The largest absolute Gasteiger partial charge is 0.360 e. The Morgan fingerprint density at radius 3 is 2.86 bits per heavy atom. The lowest BCUT2D eigenvalue weighted by Crippen LogP contribution is -2.16. The number of aryl methyl sites for hydroxylation is 3. The molecule has 3 rings (SSSR count). The van der Waals surface area contributed by atoms with Crippen LogP contribution in [0.25, 0.3) is 5.65 Å². The van der Waals surface area contributed by atoms with Crippen LogP contribution < -0.4 is 5.32 Å². The highest BCUT2D eigenvalue weighted by Crippen LogP contribution is 2.17. The summed E-state index contributed by atoms with van der Waals surface area (Å²) in [5, 5.41) is 6.52. The summed E-state index contributed by atoms with van der Waals surface area (Å²) in [6, 6.07) is 5.58. The number of anilines is 1. The Hall–Kier alpha value is -2.63. The summed E-state index contributed by atoms with van der Waals surface area (Å²) < 4.78 is 6.76. The molecule has 0 atom stereocenters. The number of fused-ring (bicyclic) bond motifs is 1. The van der Waals surface area contributed by atoms with Crippen LogP contribution in [0.4, 0.5) is 5.82 Å². The van der Waals surface area contributed by atoms with Gasteiger partial charge >= 0.3 is 0 Å². The molecule has 0 aliphatic heterocycles. The maximum atomic E-state index is 12.5. The van der Waals surface area contributed by atoms with Crippen molar-refractivity contribution in [3.05, 3.63) is 47.1 Å². The van der Waals surface area contributed by atoms with Crippen LogP contribution in [-0.2, 0) is 6.42 Å². The number of carbonyl (C=O) groups excluding carboxylic acids is 1. The molecule has 3 heterocycles. The second-order valence-electron chi connectivity index (χ2n) is 4.97. The fourth-order valence-electron chi connectivity index (χ4n) is 2.28. The van der Waals surface area contributed by atoms with Gasteiger partial charge in [-0.15, -0.1) is 0 Å². The second kappa shape index (κ2) is 5.05. The zero-order valence-corrected chi connectivity index (χ0v) is 12.2. The Bertz CT molecular complexity index is 816. The van der Waals surface area contributed by atoms with Gasteiger partial charge in [0.2, 0.25) is 0 Å². The molecular weight excluding hydrogens is 268 g/mol. The summed E-state index contributed by atoms with van der Waals surface area (Å²) in [6.45, 7) is 5.75. The van der Waals surface area contributed by atoms with E-state index in [1.165, 1.54) is 0 Å². The molecule has 6 heteroatoms. The fourth-order valence-corrected chi connectivity index (χ4v) is 2.28. The summed E-state index contributed by atoms with van der Waals surface area (Å²) in [7, 11) is 0. The zero-order valence-electron chi connectivity index (χ0n) is 12.2. The van der Waals surface area contributed by atoms with Crippen molar-refractivity contribution in [1.82, 2.24) is 14.5 Å². The number of nitrogens with zero attached hydrogens (tertiary/aromatic N) is 3. The average molecular weight is 284 g/mol. The molecule has 1 N–H and O–H groups in total. The first-order valence-electron chi connectivity index (χ1n) is 6.80. The molecule has 0 unspecified atom stereocenters. The molecule has 0 aliphatic carbocycles. The SMILES string of the molecule is CCc1nc2cc(C)ccn2c1C(=O)Nc1cc(C)on1. The van der Waals surface area contributed by atoms with Crippen molar-refractivity contribution in [3.8, 4) is 0 Å². The number of pyridine rings is 1. The molecule has 0 aliphatic rings. The standard InChI is InChI=1S/C15H16N4O2/c1-4-11-14(15(20)17-12-8-10(3)21-18-12)19-6-5-9(2)7-13(19)16-11/h5-8H,4H2,1-3H3,(H,17,18,20). The number of imidazole rings is 1. The number of rotatable bonds is 3. The van der Waals surface area contributed by atoms with Gasteiger partial charge in [-0.2, -0.15) is 0 Å². The minimum absolute atomic E-state index is 0.239. The number of hydrogen-bond acceptors (Lipinski definition) is 4. The minimum Gasteiger partial charge on any atom is -0.360 e. The molecule has 0 saturated carbocycles. The van der Waals surface area contributed by atoms with Crippen LogP contribution in [0.15, 0.2) is 28.9 Å². The Morgan fingerprint density at radius 2 is 2.19 bits per heavy atom. The van der Waals surface area contributed by atoms with Gasteiger partial charge in [-0.3, -0.25) is 9.20 Å². The van der Waals surface area contributed by atoms with Gasteiger partial charge in [0.25, 0.3) is 5.91 Å². The van der Waals surface area contributed by atoms with E-state index in [4.69, 9.17) is 4.52 Å². The van der Waals surface area contributed by atoms with Gasteiger partial charge in [0.15, 0.2) is 5.82 Å². The van der Waals surface area contributed by atoms with Crippen molar-refractivity contribution in [3.63, 3.8) is 0 Å². The van der Waals surface area contributed by atoms with E-state index in [1.807, 2.05) is 32.2 Å². The van der Waals surface area contributed by atoms with Crippen molar-refractivity contribution in [1.29, 1.82) is 0 Å². The summed E-state index contributed by atoms with van der Waals surface area (Å²) >= 11 is 0. The van der Waals surface area contributed by atoms with Gasteiger partial charge in [0, 0.05) is 12.3 Å². The summed E-state index contributed by atoms with van der Waals surface area (Å²) in [6.07, 6.45) is 2.54. The van der Waals surface area contributed by atoms with Crippen LogP contribution in [-0.4, -0.2) is 20.4 Å². The number of hydrogen-bond donors (Lipinski definition) is 1. The fraction of sp³-hybridized carbons (Fsp3) is 0.267. The number of carbonyl (C=O) groups is 1. The van der Waals surface area contributed by atoms with E-state index in [0.29, 0.717) is 23.7 Å². The lowest BCUT2D eigenvalue weighted by Gasteiger charge is -2.04. The minimum atomic E-state index is -0.239. The molecule has 0 spiro atoms. The first kappa shape index (κ1) is 13.4. The topological polar surface area (TPSA) is 72.4 Å². The van der Waals surface area contributed by atoms with Crippen LogP contribution in [0.1, 0.15) is 34.4 Å². The molecule has 1 amide bonds. The number of aromatic nitrogens is 3. The Balaban J connectivity index is 2.03. The maximum Gasteiger partial charge on any atom is 0.275 e. The van der Waals surface area contributed by atoms with E-state index in [-0.39, 0.29) is 5.91 Å². The average Bonchev–Trinajstić information content (AvgIpc) is 3.01. The lowest BCUT2D eigenvalue weighted by molar-refractivity contribution is 0.101. The number of nitrogens with one attached hydrogen (secondary N) is 1. The van der Waals surface area contributed by atoms with Crippen molar-refractivity contribution in [2.75, 3.05) is 5.32 Å². The van der Waals surface area contributed by atoms with Crippen LogP contribution >= 0.6 is 0 Å². The van der Waals surface area contributed by atoms with Gasteiger partial charge < -0.3 is 9.84 Å². The summed E-state index contributed by atoms with van der Waals surface area (Å²) in [4.78, 5) is 17.0. The van der Waals surface area contributed by atoms with Crippen LogP contribution in [0.2, 0.25) is 0 Å². The van der Waals surface area contributed by atoms with Gasteiger partial charge in [-0.05, 0) is 38.0 Å². The van der Waals surface area contributed by atoms with E-state index in [2.05, 4.69) is 15.5 Å². The summed E-state index contributed by atoms with van der Waals surface area (Å²) in [5.41, 5.74) is 3.18. The Kier molecular flexibility index (Phi) is 3.21. The third-order valence-electron chi connectivity index (χ3n) is 3.27. The lowest BCUT2D eigenvalue weighted by atomic mass is 10.2. The molecule has 0 radical (unpaired) electrons. The second-order valence-corrected chi connectivity index (χ2v) is 4.97. The first-order chi connectivity index (χ1) is 10.1. The summed E-state index contributed by atoms with van der Waals surface area (Å²) in [5.74, 6) is 0.813.